The zero-order valence-electron chi connectivity index (χ0n) is 7.05. The van der Waals surface area contributed by atoms with Crippen molar-refractivity contribution < 1.29 is 14.3 Å². The summed E-state index contributed by atoms with van der Waals surface area (Å²) < 4.78 is 4.37. The minimum Gasteiger partial charge on any atom is -0.251 e. The normalized spacial score (nSPS) is 7.50. The summed E-state index contributed by atoms with van der Waals surface area (Å²) in [6.45, 7) is 3.72. The maximum absolute atomic E-state index is 4.37. The molecule has 0 atom stereocenters. The van der Waals surface area contributed by atoms with Gasteiger partial charge in [0.2, 0.25) is 0 Å². The highest BCUT2D eigenvalue weighted by molar-refractivity contribution is 7.99. The monoisotopic (exact) mass is 186 g/mol. The van der Waals surface area contributed by atoms with Crippen LogP contribution in [0, 0.1) is 23.2 Å². The van der Waals surface area contributed by atoms with Gasteiger partial charge in [-0.25, -0.2) is 0 Å². The second-order valence-corrected chi connectivity index (χ2v) is 2.19. The molecular weight excluding hydrogens is 176 g/mol. The number of rotatable bonds is 4. The zero-order chi connectivity index (χ0) is 9.07. The summed E-state index contributed by atoms with van der Waals surface area (Å²) in [5.41, 5.74) is 0. The Labute approximate surface area is 76.8 Å². The maximum Gasteiger partial charge on any atom is 0.160 e. The van der Waals surface area contributed by atoms with E-state index in [9.17, 15) is 0 Å². The fraction of sp³-hybridized carbons (Fsp3) is 0.500. The standard InChI is InChI=1S/C8H10O3S/c1-3-5-6-7-9-10-11-12-8-4-2/h3,5H2,1-2H3. The molecule has 0 heterocycles. The molecule has 0 aliphatic carbocycles. The quantitative estimate of drug-likeness (QED) is 0.221. The Morgan fingerprint density at radius 2 is 2.25 bits per heavy atom. The molecule has 0 N–H and O–H groups in total. The Kier molecular flexibility index (Phi) is 9.50. The van der Waals surface area contributed by atoms with Crippen molar-refractivity contribution in [2.45, 2.75) is 26.7 Å². The molecule has 0 aromatic rings. The highest BCUT2D eigenvalue weighted by Gasteiger charge is 1.82. The van der Waals surface area contributed by atoms with Gasteiger partial charge in [0, 0.05) is 11.5 Å². The van der Waals surface area contributed by atoms with Crippen LogP contribution in [-0.4, -0.2) is 0 Å². The first-order chi connectivity index (χ1) is 5.91. The van der Waals surface area contributed by atoms with E-state index in [0.717, 1.165) is 24.9 Å². The summed E-state index contributed by atoms with van der Waals surface area (Å²) in [4.78, 5) is 4.31. The number of hydrogen-bond donors (Lipinski definition) is 0. The van der Waals surface area contributed by atoms with Crippen LogP contribution in [0.15, 0.2) is 0 Å². The molecule has 0 aliphatic heterocycles. The number of unbranched alkanes of at least 4 members (excludes halogenated alkanes) is 1. The van der Waals surface area contributed by atoms with Gasteiger partial charge in [-0.1, -0.05) is 18.8 Å². The molecule has 0 amide bonds. The van der Waals surface area contributed by atoms with E-state index in [1.54, 1.807) is 6.92 Å². The van der Waals surface area contributed by atoms with Crippen LogP contribution < -0.4 is 0 Å². The lowest BCUT2D eigenvalue weighted by Gasteiger charge is -1.89. The molecule has 0 bridgehead atoms. The maximum atomic E-state index is 4.37. The van der Waals surface area contributed by atoms with Gasteiger partial charge in [-0.2, -0.15) is 0 Å². The smallest absolute Gasteiger partial charge is 0.160 e. The van der Waals surface area contributed by atoms with Gasteiger partial charge in [0.15, 0.2) is 6.11 Å². The molecule has 0 saturated heterocycles. The van der Waals surface area contributed by atoms with Crippen LogP contribution in [0.25, 0.3) is 0 Å². The Balaban J connectivity index is 3.09. The Bertz CT molecular complexity index is 206. The van der Waals surface area contributed by atoms with E-state index in [0.29, 0.717) is 0 Å². The van der Waals surface area contributed by atoms with Crippen LogP contribution in [0.5, 0.6) is 0 Å². The molecule has 0 spiro atoms. The predicted octanol–water partition coefficient (Wildman–Crippen LogP) is 2.26. The summed E-state index contributed by atoms with van der Waals surface area (Å²) in [6, 6.07) is 0. The average Bonchev–Trinajstić information content (AvgIpc) is 2.10. The summed E-state index contributed by atoms with van der Waals surface area (Å²) in [5.74, 6) is 5.30. The molecule has 0 fully saturated rings. The van der Waals surface area contributed by atoms with Crippen molar-refractivity contribution in [1.82, 2.24) is 0 Å². The predicted molar refractivity (Wildman–Crippen MR) is 47.0 cm³/mol. The van der Waals surface area contributed by atoms with E-state index in [4.69, 9.17) is 0 Å². The van der Waals surface area contributed by atoms with Gasteiger partial charge >= 0.3 is 0 Å². The average molecular weight is 186 g/mol. The van der Waals surface area contributed by atoms with E-state index in [1.165, 1.54) is 0 Å². The fourth-order valence-corrected chi connectivity index (χ4v) is 0.482. The molecule has 4 heteroatoms. The van der Waals surface area contributed by atoms with Crippen molar-refractivity contribution in [1.29, 1.82) is 0 Å². The number of hydrogen-bond acceptors (Lipinski definition) is 4. The van der Waals surface area contributed by atoms with Crippen LogP contribution in [0.2, 0.25) is 0 Å². The third-order valence-electron chi connectivity index (χ3n) is 0.728. The molecule has 12 heavy (non-hydrogen) atoms. The lowest BCUT2D eigenvalue weighted by Crippen LogP contribution is -1.82. The molecule has 0 unspecified atom stereocenters. The molecule has 3 nitrogen and oxygen atoms in total. The third-order valence-corrected chi connectivity index (χ3v) is 1.14. The molecule has 0 rings (SSSR count). The highest BCUT2D eigenvalue weighted by Crippen LogP contribution is 1.99. The van der Waals surface area contributed by atoms with Crippen molar-refractivity contribution in [2.75, 3.05) is 0 Å². The van der Waals surface area contributed by atoms with Gasteiger partial charge in [0.1, 0.15) is 12.0 Å². The SMILES string of the molecule is CC#CSOOOC#CCCC. The van der Waals surface area contributed by atoms with Crippen LogP contribution >= 0.6 is 12.0 Å². The Morgan fingerprint density at radius 1 is 1.42 bits per heavy atom. The van der Waals surface area contributed by atoms with Gasteiger partial charge in [0.25, 0.3) is 0 Å². The second-order valence-electron chi connectivity index (χ2n) is 1.68. The molecule has 66 valence electrons. The van der Waals surface area contributed by atoms with Crippen molar-refractivity contribution in [3.8, 4) is 23.2 Å². The van der Waals surface area contributed by atoms with E-state index < -0.39 is 0 Å². The topological polar surface area (TPSA) is 27.7 Å². The summed E-state index contributed by atoms with van der Waals surface area (Å²) in [6.07, 6.45) is 4.08. The first-order valence-electron chi connectivity index (χ1n) is 3.47. The van der Waals surface area contributed by atoms with E-state index in [-0.39, 0.29) is 0 Å². The molecular formula is C8H10O3S. The molecule has 0 aromatic carbocycles. The summed E-state index contributed by atoms with van der Waals surface area (Å²) in [7, 11) is 0. The molecule has 0 aliphatic rings. The van der Waals surface area contributed by atoms with Crippen LogP contribution in [0.4, 0.5) is 0 Å². The van der Waals surface area contributed by atoms with Gasteiger partial charge in [-0.15, -0.1) is 4.33 Å². The van der Waals surface area contributed by atoms with Crippen LogP contribution in [0.3, 0.4) is 0 Å². The van der Waals surface area contributed by atoms with Gasteiger partial charge in [0.05, 0.1) is 0 Å². The lowest BCUT2D eigenvalue weighted by atomic mass is 10.4. The van der Waals surface area contributed by atoms with E-state index in [1.807, 2.05) is 6.92 Å². The lowest BCUT2D eigenvalue weighted by molar-refractivity contribution is -0.424. The van der Waals surface area contributed by atoms with Gasteiger partial charge in [-0.3, -0.25) is 4.89 Å². The van der Waals surface area contributed by atoms with Crippen molar-refractivity contribution in [3.05, 3.63) is 0 Å². The summed E-state index contributed by atoms with van der Waals surface area (Å²) in [5, 5.41) is 6.71. The third kappa shape index (κ3) is 9.19. The Morgan fingerprint density at radius 3 is 2.92 bits per heavy atom. The van der Waals surface area contributed by atoms with Gasteiger partial charge < -0.3 is 0 Å². The fourth-order valence-electron chi connectivity index (χ4n) is 0.309. The largest absolute Gasteiger partial charge is 0.251 e. The Hall–Kier alpha value is -0.810. The highest BCUT2D eigenvalue weighted by atomic mass is 32.2. The van der Waals surface area contributed by atoms with Crippen LogP contribution in [0.1, 0.15) is 26.7 Å². The molecule has 0 radical (unpaired) electrons. The molecule has 0 aromatic heterocycles. The molecule has 0 saturated carbocycles. The zero-order valence-corrected chi connectivity index (χ0v) is 7.86. The van der Waals surface area contributed by atoms with Crippen LogP contribution in [-0.2, 0) is 14.3 Å². The van der Waals surface area contributed by atoms with E-state index in [2.05, 4.69) is 37.5 Å². The van der Waals surface area contributed by atoms with Gasteiger partial charge in [-0.05, 0) is 18.6 Å². The minimum absolute atomic E-state index is 0.783. The van der Waals surface area contributed by atoms with Crippen molar-refractivity contribution in [3.63, 3.8) is 0 Å². The first kappa shape index (κ1) is 11.2. The van der Waals surface area contributed by atoms with Crippen molar-refractivity contribution >= 4 is 12.0 Å². The first-order valence-corrected chi connectivity index (χ1v) is 4.21. The minimum atomic E-state index is 0.783. The summed E-state index contributed by atoms with van der Waals surface area (Å²) >= 11 is 0.841. The van der Waals surface area contributed by atoms with Crippen molar-refractivity contribution in [2.24, 2.45) is 0 Å². The second kappa shape index (κ2) is 10.2. The van der Waals surface area contributed by atoms with E-state index >= 15 is 0 Å².